The van der Waals surface area contributed by atoms with E-state index in [-0.39, 0.29) is 17.7 Å². The number of benzene rings is 2. The molecule has 1 heterocycles. The fourth-order valence-corrected chi connectivity index (χ4v) is 3.28. The number of rotatable bonds is 6. The monoisotopic (exact) mass is 352 g/mol. The van der Waals surface area contributed by atoms with E-state index in [0.717, 1.165) is 5.56 Å². The molecule has 0 saturated heterocycles. The molecule has 26 heavy (non-hydrogen) atoms. The Bertz CT molecular complexity index is 816. The van der Waals surface area contributed by atoms with E-state index >= 15 is 0 Å². The largest absolute Gasteiger partial charge is 0.497 e. The molecule has 1 aliphatic rings. The predicted molar refractivity (Wildman–Crippen MR) is 101 cm³/mol. The molecule has 0 spiro atoms. The van der Waals surface area contributed by atoms with Gasteiger partial charge in [-0.05, 0) is 36.1 Å². The summed E-state index contributed by atoms with van der Waals surface area (Å²) in [6.07, 6.45) is 0.607. The molecule has 136 valence electrons. The smallest absolute Gasteiger partial charge is 0.255 e. The van der Waals surface area contributed by atoms with Crippen LogP contribution < -0.4 is 10.1 Å². The molecular weight excluding hydrogens is 328 g/mol. The topological polar surface area (TPSA) is 58.6 Å². The van der Waals surface area contributed by atoms with Gasteiger partial charge in [0.2, 0.25) is 5.91 Å². The Morgan fingerprint density at radius 2 is 1.96 bits per heavy atom. The van der Waals surface area contributed by atoms with Gasteiger partial charge in [-0.1, -0.05) is 38.1 Å². The number of amides is 2. The fourth-order valence-electron chi connectivity index (χ4n) is 3.28. The summed E-state index contributed by atoms with van der Waals surface area (Å²) in [7, 11) is 1.59. The van der Waals surface area contributed by atoms with Gasteiger partial charge in [-0.15, -0.1) is 0 Å². The predicted octanol–water partition coefficient (Wildman–Crippen LogP) is 3.70. The number of fused-ring (bicyclic) bond motifs is 1. The van der Waals surface area contributed by atoms with Crippen LogP contribution in [0.2, 0.25) is 0 Å². The number of nitrogens with one attached hydrogen (secondary N) is 1. The summed E-state index contributed by atoms with van der Waals surface area (Å²) < 4.78 is 5.20. The molecule has 0 saturated carbocycles. The maximum absolute atomic E-state index is 13.0. The first kappa shape index (κ1) is 18.0. The number of carbonyl (C=O) groups is 2. The summed E-state index contributed by atoms with van der Waals surface area (Å²) in [6, 6.07) is 14.3. The van der Waals surface area contributed by atoms with Crippen LogP contribution in [-0.4, -0.2) is 29.9 Å². The highest BCUT2D eigenvalue weighted by atomic mass is 16.5. The summed E-state index contributed by atoms with van der Waals surface area (Å²) in [5, 5.41) is 2.93. The molecule has 5 nitrogen and oxygen atoms in total. The molecule has 0 fully saturated rings. The number of hydrogen-bond acceptors (Lipinski definition) is 3. The van der Waals surface area contributed by atoms with Crippen LogP contribution in [0.1, 0.15) is 36.2 Å². The van der Waals surface area contributed by atoms with Gasteiger partial charge in [0, 0.05) is 23.9 Å². The quantitative estimate of drug-likeness (QED) is 0.862. The van der Waals surface area contributed by atoms with Crippen molar-refractivity contribution in [2.24, 2.45) is 5.92 Å². The minimum absolute atomic E-state index is 0.0768. The zero-order chi connectivity index (χ0) is 18.7. The van der Waals surface area contributed by atoms with Crippen molar-refractivity contribution in [3.63, 3.8) is 0 Å². The maximum atomic E-state index is 13.0. The van der Waals surface area contributed by atoms with Crippen molar-refractivity contribution in [3.8, 4) is 5.75 Å². The number of nitrogens with zero attached hydrogens (tertiary/aromatic N) is 1. The molecule has 0 aliphatic carbocycles. The van der Waals surface area contributed by atoms with Gasteiger partial charge in [0.1, 0.15) is 11.8 Å². The van der Waals surface area contributed by atoms with E-state index in [2.05, 4.69) is 19.2 Å². The Hall–Kier alpha value is -2.82. The van der Waals surface area contributed by atoms with E-state index in [9.17, 15) is 9.59 Å². The lowest BCUT2D eigenvalue weighted by atomic mass is 10.0. The normalized spacial score (nSPS) is 14.3. The zero-order valence-electron chi connectivity index (χ0n) is 15.4. The number of ether oxygens (including phenoxy) is 1. The Morgan fingerprint density at radius 1 is 1.19 bits per heavy atom. The minimum Gasteiger partial charge on any atom is -0.497 e. The molecule has 3 rings (SSSR count). The van der Waals surface area contributed by atoms with Gasteiger partial charge in [-0.3, -0.25) is 9.59 Å². The molecular formula is C21H24N2O3. The van der Waals surface area contributed by atoms with E-state index < -0.39 is 6.04 Å². The number of hydrogen-bond donors (Lipinski definition) is 1. The molecule has 2 aromatic rings. The SMILES string of the molecule is COc1cccc(NC(=O)[C@@H](CC(C)C)N2Cc3ccccc3C2=O)c1. The van der Waals surface area contributed by atoms with E-state index in [4.69, 9.17) is 4.74 Å². The summed E-state index contributed by atoms with van der Waals surface area (Å²) >= 11 is 0. The molecule has 0 bridgehead atoms. The van der Waals surface area contributed by atoms with Gasteiger partial charge in [0.05, 0.1) is 7.11 Å². The second kappa shape index (κ2) is 7.60. The van der Waals surface area contributed by atoms with Crippen molar-refractivity contribution in [3.05, 3.63) is 59.7 Å². The third-order valence-corrected chi connectivity index (χ3v) is 4.56. The average molecular weight is 352 g/mol. The molecule has 2 aromatic carbocycles. The lowest BCUT2D eigenvalue weighted by Gasteiger charge is -2.28. The first-order valence-electron chi connectivity index (χ1n) is 8.83. The van der Waals surface area contributed by atoms with Gasteiger partial charge < -0.3 is 15.0 Å². The highest BCUT2D eigenvalue weighted by Gasteiger charge is 2.36. The Morgan fingerprint density at radius 3 is 2.65 bits per heavy atom. The number of anilines is 1. The van der Waals surface area contributed by atoms with Gasteiger partial charge in [-0.25, -0.2) is 0 Å². The van der Waals surface area contributed by atoms with E-state index in [1.165, 1.54) is 0 Å². The Balaban J connectivity index is 1.82. The molecule has 1 aliphatic heterocycles. The van der Waals surface area contributed by atoms with Gasteiger partial charge in [0.15, 0.2) is 0 Å². The highest BCUT2D eigenvalue weighted by molar-refractivity contribution is 6.03. The lowest BCUT2D eigenvalue weighted by Crippen LogP contribution is -2.45. The van der Waals surface area contributed by atoms with Crippen molar-refractivity contribution in [1.29, 1.82) is 0 Å². The summed E-state index contributed by atoms with van der Waals surface area (Å²) in [4.78, 5) is 27.5. The van der Waals surface area contributed by atoms with Crippen LogP contribution in [0.3, 0.4) is 0 Å². The zero-order valence-corrected chi connectivity index (χ0v) is 15.4. The van der Waals surface area contributed by atoms with Crippen molar-refractivity contribution in [2.75, 3.05) is 12.4 Å². The Kier molecular flexibility index (Phi) is 5.26. The molecule has 2 amide bonds. The van der Waals surface area contributed by atoms with Crippen LogP contribution in [0, 0.1) is 5.92 Å². The third kappa shape index (κ3) is 3.72. The van der Waals surface area contributed by atoms with E-state index in [1.54, 1.807) is 18.1 Å². The van der Waals surface area contributed by atoms with Gasteiger partial charge >= 0.3 is 0 Å². The van der Waals surface area contributed by atoms with Crippen molar-refractivity contribution >= 4 is 17.5 Å². The van der Waals surface area contributed by atoms with Crippen molar-refractivity contribution < 1.29 is 14.3 Å². The minimum atomic E-state index is -0.513. The molecule has 0 aromatic heterocycles. The van der Waals surface area contributed by atoms with E-state index in [1.807, 2.05) is 42.5 Å². The van der Waals surface area contributed by atoms with Crippen molar-refractivity contribution in [1.82, 2.24) is 4.90 Å². The Labute approximate surface area is 154 Å². The molecule has 1 atom stereocenters. The number of methoxy groups -OCH3 is 1. The highest BCUT2D eigenvalue weighted by Crippen LogP contribution is 2.27. The van der Waals surface area contributed by atoms with Crippen LogP contribution in [0.15, 0.2) is 48.5 Å². The molecule has 5 heteroatoms. The lowest BCUT2D eigenvalue weighted by molar-refractivity contribution is -0.121. The fraction of sp³-hybridized carbons (Fsp3) is 0.333. The average Bonchev–Trinajstić information content (AvgIpc) is 2.96. The van der Waals surface area contributed by atoms with Crippen LogP contribution in [0.4, 0.5) is 5.69 Å². The van der Waals surface area contributed by atoms with Crippen molar-refractivity contribution in [2.45, 2.75) is 32.9 Å². The van der Waals surface area contributed by atoms with Gasteiger partial charge in [-0.2, -0.15) is 0 Å². The molecule has 1 N–H and O–H groups in total. The first-order valence-corrected chi connectivity index (χ1v) is 8.83. The molecule has 0 unspecified atom stereocenters. The number of carbonyl (C=O) groups excluding carboxylic acids is 2. The standard InChI is InChI=1S/C21H24N2O3/c1-14(2)11-19(20(24)22-16-8-6-9-17(12-16)26-3)23-13-15-7-4-5-10-18(15)21(23)25/h4-10,12,14,19H,11,13H2,1-3H3,(H,22,24)/t19-/m1/s1. The molecule has 0 radical (unpaired) electrons. The van der Waals surface area contributed by atoms with Crippen LogP contribution in [0.5, 0.6) is 5.75 Å². The van der Waals surface area contributed by atoms with Crippen LogP contribution >= 0.6 is 0 Å². The maximum Gasteiger partial charge on any atom is 0.255 e. The van der Waals surface area contributed by atoms with Crippen LogP contribution in [-0.2, 0) is 11.3 Å². The van der Waals surface area contributed by atoms with E-state index in [0.29, 0.717) is 30.0 Å². The summed E-state index contributed by atoms with van der Waals surface area (Å²) in [5.74, 6) is 0.709. The first-order chi connectivity index (χ1) is 12.5. The second-order valence-electron chi connectivity index (χ2n) is 6.96. The summed E-state index contributed by atoms with van der Waals surface area (Å²) in [6.45, 7) is 4.58. The third-order valence-electron chi connectivity index (χ3n) is 4.56. The second-order valence-corrected chi connectivity index (χ2v) is 6.96. The van der Waals surface area contributed by atoms with Gasteiger partial charge in [0.25, 0.3) is 5.91 Å². The summed E-state index contributed by atoms with van der Waals surface area (Å²) in [5.41, 5.74) is 2.32. The van der Waals surface area contributed by atoms with Crippen LogP contribution in [0.25, 0.3) is 0 Å².